The van der Waals surface area contributed by atoms with Gasteiger partial charge in [0.25, 0.3) is 0 Å². The van der Waals surface area contributed by atoms with Crippen LogP contribution in [0.5, 0.6) is 5.75 Å². The number of likely N-dealkylation sites (tertiary alicyclic amines) is 1. The quantitative estimate of drug-likeness (QED) is 0.741. The van der Waals surface area contributed by atoms with Crippen LogP contribution in [0.1, 0.15) is 31.7 Å². The fraction of sp³-hybridized carbons (Fsp3) is 0.391. The Labute approximate surface area is 166 Å². The number of nitrogens with zero attached hydrogens (tertiary/aromatic N) is 1. The molecule has 0 aliphatic carbocycles. The molecule has 148 valence electrons. The molecule has 0 radical (unpaired) electrons. The first-order valence-corrected chi connectivity index (χ1v) is 9.99. The second-order valence-corrected chi connectivity index (χ2v) is 7.17. The van der Waals surface area contributed by atoms with Gasteiger partial charge in [-0.05, 0) is 49.8 Å². The zero-order valence-corrected chi connectivity index (χ0v) is 16.4. The van der Waals surface area contributed by atoms with Crippen LogP contribution in [0.15, 0.2) is 54.6 Å². The first-order chi connectivity index (χ1) is 13.7. The van der Waals surface area contributed by atoms with E-state index in [1.54, 1.807) is 12.1 Å². The molecule has 0 atom stereocenters. The molecule has 28 heavy (non-hydrogen) atoms. The highest BCUT2D eigenvalue weighted by Gasteiger charge is 2.24. The number of benzene rings is 2. The molecule has 5 nitrogen and oxygen atoms in total. The summed E-state index contributed by atoms with van der Waals surface area (Å²) in [6, 6.07) is 17.7. The molecule has 2 aromatic carbocycles. The van der Waals surface area contributed by atoms with Crippen molar-refractivity contribution in [3.63, 3.8) is 0 Å². The molecule has 2 amide bonds. The van der Waals surface area contributed by atoms with Crippen molar-refractivity contribution in [2.75, 3.05) is 25.0 Å². The van der Waals surface area contributed by atoms with Crippen LogP contribution in [0.2, 0.25) is 0 Å². The summed E-state index contributed by atoms with van der Waals surface area (Å²) < 4.78 is 5.51. The third kappa shape index (κ3) is 5.59. The number of anilines is 1. The summed E-state index contributed by atoms with van der Waals surface area (Å²) in [5.41, 5.74) is 1.95. The molecular formula is C23H28N2O3. The van der Waals surface area contributed by atoms with E-state index in [1.807, 2.05) is 30.0 Å². The maximum absolute atomic E-state index is 12.5. The number of para-hydroxylation sites is 2. The molecule has 0 unspecified atom stereocenters. The zero-order valence-electron chi connectivity index (χ0n) is 16.4. The van der Waals surface area contributed by atoms with Crippen LogP contribution in [-0.2, 0) is 16.0 Å². The summed E-state index contributed by atoms with van der Waals surface area (Å²) in [6.07, 6.45) is 2.88. The largest absolute Gasteiger partial charge is 0.492 e. The van der Waals surface area contributed by atoms with Crippen molar-refractivity contribution in [2.24, 2.45) is 5.92 Å². The van der Waals surface area contributed by atoms with Crippen LogP contribution in [0.4, 0.5) is 5.69 Å². The lowest BCUT2D eigenvalue weighted by atomic mass is 9.90. The van der Waals surface area contributed by atoms with Gasteiger partial charge in [0.2, 0.25) is 11.8 Å². The van der Waals surface area contributed by atoms with E-state index in [4.69, 9.17) is 4.74 Å². The maximum Gasteiger partial charge on any atom is 0.233 e. The highest BCUT2D eigenvalue weighted by molar-refractivity contribution is 6.04. The van der Waals surface area contributed by atoms with E-state index < -0.39 is 0 Å². The van der Waals surface area contributed by atoms with Crippen molar-refractivity contribution in [3.05, 3.63) is 60.2 Å². The zero-order chi connectivity index (χ0) is 19.8. The lowest BCUT2D eigenvalue weighted by molar-refractivity contribution is -0.135. The van der Waals surface area contributed by atoms with Crippen molar-refractivity contribution in [1.29, 1.82) is 0 Å². The third-order valence-electron chi connectivity index (χ3n) is 5.11. The molecule has 1 heterocycles. The van der Waals surface area contributed by atoms with Gasteiger partial charge in [0.1, 0.15) is 12.2 Å². The Balaban J connectivity index is 1.46. The molecule has 1 saturated heterocycles. The first kappa shape index (κ1) is 19.9. The lowest BCUT2D eigenvalue weighted by Gasteiger charge is -2.32. The number of ether oxygens (including phenoxy) is 1. The Hall–Kier alpha value is -2.82. The Bertz CT molecular complexity index is 783. The Morgan fingerprint density at radius 2 is 1.71 bits per heavy atom. The van der Waals surface area contributed by atoms with Crippen molar-refractivity contribution < 1.29 is 14.3 Å². The predicted molar refractivity (Wildman–Crippen MR) is 110 cm³/mol. The minimum atomic E-state index is -0.302. The fourth-order valence-electron chi connectivity index (χ4n) is 3.63. The highest BCUT2D eigenvalue weighted by atomic mass is 16.5. The van der Waals surface area contributed by atoms with Crippen LogP contribution in [0.3, 0.4) is 0 Å². The number of nitrogens with one attached hydrogen (secondary N) is 1. The van der Waals surface area contributed by atoms with Gasteiger partial charge >= 0.3 is 0 Å². The second kappa shape index (κ2) is 9.93. The summed E-state index contributed by atoms with van der Waals surface area (Å²) >= 11 is 0. The van der Waals surface area contributed by atoms with Crippen LogP contribution in [0, 0.1) is 5.92 Å². The summed E-state index contributed by atoms with van der Waals surface area (Å²) in [4.78, 5) is 26.6. The lowest BCUT2D eigenvalue weighted by Crippen LogP contribution is -2.40. The highest BCUT2D eigenvalue weighted by Crippen LogP contribution is 2.25. The van der Waals surface area contributed by atoms with E-state index in [2.05, 4.69) is 29.6 Å². The molecule has 5 heteroatoms. The van der Waals surface area contributed by atoms with Crippen LogP contribution in [-0.4, -0.2) is 36.4 Å². The molecule has 2 aromatic rings. The average molecular weight is 380 g/mol. The topological polar surface area (TPSA) is 58.6 Å². The molecule has 0 aromatic heterocycles. The summed E-state index contributed by atoms with van der Waals surface area (Å²) in [6.45, 7) is 3.85. The molecule has 1 N–H and O–H groups in total. The fourth-order valence-corrected chi connectivity index (χ4v) is 3.63. The van der Waals surface area contributed by atoms with Gasteiger partial charge in [0.05, 0.1) is 12.3 Å². The average Bonchev–Trinajstić information content (AvgIpc) is 2.71. The third-order valence-corrected chi connectivity index (χ3v) is 5.11. The minimum Gasteiger partial charge on any atom is -0.492 e. The standard InChI is InChI=1S/C23H28N2O3/c1-2-28-21-11-7-6-10-20(21)24-22(26)17-23(27)25-14-12-19(13-15-25)16-18-8-4-3-5-9-18/h3-11,19H,2,12-17H2,1H3,(H,24,26). The van der Waals surface area contributed by atoms with E-state index in [1.165, 1.54) is 5.56 Å². The molecule has 3 rings (SSSR count). The van der Waals surface area contributed by atoms with Crippen molar-refractivity contribution in [2.45, 2.75) is 32.6 Å². The number of carbonyl (C=O) groups is 2. The molecule has 1 aliphatic rings. The van der Waals surface area contributed by atoms with E-state index in [0.29, 0.717) is 24.0 Å². The number of carbonyl (C=O) groups excluding carboxylic acids is 2. The number of hydrogen-bond acceptors (Lipinski definition) is 3. The molecule has 1 aliphatic heterocycles. The van der Waals surface area contributed by atoms with Gasteiger partial charge < -0.3 is 15.0 Å². The van der Waals surface area contributed by atoms with E-state index in [0.717, 1.165) is 32.4 Å². The molecule has 0 bridgehead atoms. The summed E-state index contributed by atoms with van der Waals surface area (Å²) in [7, 11) is 0. The summed E-state index contributed by atoms with van der Waals surface area (Å²) in [5.74, 6) is 0.805. The number of hydrogen-bond donors (Lipinski definition) is 1. The second-order valence-electron chi connectivity index (χ2n) is 7.17. The Kier molecular flexibility index (Phi) is 7.06. The van der Waals surface area contributed by atoms with Gasteiger partial charge in [-0.3, -0.25) is 9.59 Å². The van der Waals surface area contributed by atoms with Gasteiger partial charge in [-0.1, -0.05) is 42.5 Å². The van der Waals surface area contributed by atoms with Gasteiger partial charge in [-0.15, -0.1) is 0 Å². The van der Waals surface area contributed by atoms with Crippen molar-refractivity contribution >= 4 is 17.5 Å². The predicted octanol–water partition coefficient (Wildman–Crippen LogP) is 3.90. The number of piperidine rings is 1. The van der Waals surface area contributed by atoms with E-state index >= 15 is 0 Å². The van der Waals surface area contributed by atoms with Crippen LogP contribution >= 0.6 is 0 Å². The number of rotatable bonds is 7. The van der Waals surface area contributed by atoms with Crippen molar-refractivity contribution in [3.8, 4) is 5.75 Å². The van der Waals surface area contributed by atoms with Gasteiger partial charge in [0, 0.05) is 13.1 Å². The smallest absolute Gasteiger partial charge is 0.233 e. The van der Waals surface area contributed by atoms with Crippen LogP contribution < -0.4 is 10.1 Å². The maximum atomic E-state index is 12.5. The van der Waals surface area contributed by atoms with Crippen LogP contribution in [0.25, 0.3) is 0 Å². The normalized spacial score (nSPS) is 14.5. The Morgan fingerprint density at radius 3 is 2.43 bits per heavy atom. The monoisotopic (exact) mass is 380 g/mol. The molecular weight excluding hydrogens is 352 g/mol. The summed E-state index contributed by atoms with van der Waals surface area (Å²) in [5, 5.41) is 2.80. The van der Waals surface area contributed by atoms with Gasteiger partial charge in [0.15, 0.2) is 0 Å². The van der Waals surface area contributed by atoms with Gasteiger partial charge in [-0.25, -0.2) is 0 Å². The molecule has 0 saturated carbocycles. The SMILES string of the molecule is CCOc1ccccc1NC(=O)CC(=O)N1CCC(Cc2ccccc2)CC1. The number of amides is 2. The van der Waals surface area contributed by atoms with E-state index in [-0.39, 0.29) is 18.2 Å². The van der Waals surface area contributed by atoms with Crippen molar-refractivity contribution in [1.82, 2.24) is 4.90 Å². The first-order valence-electron chi connectivity index (χ1n) is 9.99. The molecule has 0 spiro atoms. The Morgan fingerprint density at radius 1 is 1.04 bits per heavy atom. The minimum absolute atomic E-state index is 0.107. The van der Waals surface area contributed by atoms with Gasteiger partial charge in [-0.2, -0.15) is 0 Å². The van der Waals surface area contributed by atoms with E-state index in [9.17, 15) is 9.59 Å². The molecule has 1 fully saturated rings.